The number of pyridine rings is 1. The van der Waals surface area contributed by atoms with E-state index in [0.29, 0.717) is 0 Å². The zero-order valence-electron chi connectivity index (χ0n) is 6.46. The molecule has 0 bridgehead atoms. The number of H-pyrrole nitrogens is 1. The molecule has 2 heterocycles. The fraction of sp³-hybridized carbons (Fsp3) is 0.222. The Morgan fingerprint density at radius 2 is 2.55 bits per heavy atom. The molecule has 0 saturated heterocycles. The van der Waals surface area contributed by atoms with Crippen molar-refractivity contribution in [2.24, 2.45) is 0 Å². The zero-order valence-corrected chi connectivity index (χ0v) is 6.46. The molecule has 0 amide bonds. The van der Waals surface area contributed by atoms with Gasteiger partial charge in [-0.2, -0.15) is 0 Å². The lowest BCUT2D eigenvalue weighted by Crippen LogP contribution is -1.74. The van der Waals surface area contributed by atoms with Gasteiger partial charge in [-0.1, -0.05) is 6.92 Å². The molecular formula is C9H12N2. The van der Waals surface area contributed by atoms with Crippen molar-refractivity contribution in [3.63, 3.8) is 0 Å². The largest absolute Gasteiger partial charge is 0.357 e. The van der Waals surface area contributed by atoms with Crippen molar-refractivity contribution in [1.82, 2.24) is 9.97 Å². The summed E-state index contributed by atoms with van der Waals surface area (Å²) in [6.45, 7) is 2.13. The summed E-state index contributed by atoms with van der Waals surface area (Å²) in [5.74, 6) is 0. The molecule has 2 nitrogen and oxygen atoms in total. The molecule has 0 aromatic carbocycles. The van der Waals surface area contributed by atoms with Gasteiger partial charge >= 0.3 is 0 Å². The van der Waals surface area contributed by atoms with Crippen LogP contribution >= 0.6 is 0 Å². The molecule has 58 valence electrons. The van der Waals surface area contributed by atoms with Gasteiger partial charge < -0.3 is 4.98 Å². The maximum atomic E-state index is 4.22. The normalized spacial score (nSPS) is 10.6. The molecule has 0 aliphatic carbocycles. The fourth-order valence-electron chi connectivity index (χ4n) is 1.20. The minimum Gasteiger partial charge on any atom is -0.357 e. The molecule has 11 heavy (non-hydrogen) atoms. The molecule has 1 N–H and O–H groups in total. The van der Waals surface area contributed by atoms with Gasteiger partial charge in [-0.05, 0) is 24.6 Å². The third-order valence-corrected chi connectivity index (χ3v) is 1.83. The maximum Gasteiger partial charge on any atom is 0.0881 e. The molecule has 0 radical (unpaired) electrons. The van der Waals surface area contributed by atoms with E-state index in [-0.39, 0.29) is 1.43 Å². The highest BCUT2D eigenvalue weighted by molar-refractivity contribution is 5.75. The van der Waals surface area contributed by atoms with Crippen LogP contribution in [-0.4, -0.2) is 9.97 Å². The van der Waals surface area contributed by atoms with E-state index in [1.807, 2.05) is 18.3 Å². The highest BCUT2D eigenvalue weighted by Crippen LogP contribution is 2.11. The van der Waals surface area contributed by atoms with Crippen molar-refractivity contribution in [3.05, 3.63) is 30.1 Å². The SMILES string of the molecule is CCc1cc2ncccc2[nH]1.[HH]. The van der Waals surface area contributed by atoms with Crippen LogP contribution in [0.1, 0.15) is 14.0 Å². The van der Waals surface area contributed by atoms with Crippen LogP contribution in [0.5, 0.6) is 0 Å². The molecule has 0 saturated carbocycles. The van der Waals surface area contributed by atoms with E-state index < -0.39 is 0 Å². The highest BCUT2D eigenvalue weighted by Gasteiger charge is 1.96. The minimum absolute atomic E-state index is 0. The Labute approximate surface area is 66.8 Å². The second-order valence-corrected chi connectivity index (χ2v) is 2.58. The third-order valence-electron chi connectivity index (χ3n) is 1.83. The summed E-state index contributed by atoms with van der Waals surface area (Å²) in [5, 5.41) is 0. The maximum absolute atomic E-state index is 4.22. The molecule has 2 rings (SSSR count). The van der Waals surface area contributed by atoms with Gasteiger partial charge in [0.25, 0.3) is 0 Å². The summed E-state index contributed by atoms with van der Waals surface area (Å²) in [4.78, 5) is 7.50. The van der Waals surface area contributed by atoms with Crippen molar-refractivity contribution < 1.29 is 1.43 Å². The summed E-state index contributed by atoms with van der Waals surface area (Å²) in [6.07, 6.45) is 2.85. The highest BCUT2D eigenvalue weighted by atomic mass is 14.8. The molecular weight excluding hydrogens is 136 g/mol. The lowest BCUT2D eigenvalue weighted by Gasteiger charge is -1.84. The molecule has 2 heteroatoms. The van der Waals surface area contributed by atoms with Crippen molar-refractivity contribution in [1.29, 1.82) is 0 Å². The molecule has 2 aromatic rings. The number of nitrogens with zero attached hydrogens (tertiary/aromatic N) is 1. The van der Waals surface area contributed by atoms with Crippen molar-refractivity contribution in [3.8, 4) is 0 Å². The van der Waals surface area contributed by atoms with E-state index in [0.717, 1.165) is 17.5 Å². The molecule has 0 fully saturated rings. The molecule has 0 aliphatic heterocycles. The van der Waals surface area contributed by atoms with E-state index in [2.05, 4.69) is 23.0 Å². The first-order valence-corrected chi connectivity index (χ1v) is 3.83. The van der Waals surface area contributed by atoms with Gasteiger partial charge in [0.15, 0.2) is 0 Å². The van der Waals surface area contributed by atoms with Gasteiger partial charge in [-0.3, -0.25) is 4.98 Å². The number of rotatable bonds is 1. The lowest BCUT2D eigenvalue weighted by molar-refractivity contribution is 1.07. The number of nitrogens with one attached hydrogen (secondary N) is 1. The Hall–Kier alpha value is -1.31. The fourth-order valence-corrected chi connectivity index (χ4v) is 1.20. The third kappa shape index (κ3) is 1.00. The number of hydrogen-bond acceptors (Lipinski definition) is 1. The second kappa shape index (κ2) is 2.38. The van der Waals surface area contributed by atoms with Crippen LogP contribution in [0.15, 0.2) is 24.4 Å². The standard InChI is InChI=1S/C9H10N2.H2/c1-2-7-6-9-8(11-7)4-3-5-10-9;/h3-6,11H,2H2,1H3;1H. The Bertz CT molecular complexity index is 334. The monoisotopic (exact) mass is 148 g/mol. The van der Waals surface area contributed by atoms with Crippen LogP contribution in [0.25, 0.3) is 11.0 Å². The molecule has 2 aromatic heterocycles. The van der Waals surface area contributed by atoms with Gasteiger partial charge in [0.1, 0.15) is 0 Å². The van der Waals surface area contributed by atoms with E-state index >= 15 is 0 Å². The van der Waals surface area contributed by atoms with E-state index in [1.54, 1.807) is 0 Å². The van der Waals surface area contributed by atoms with E-state index in [4.69, 9.17) is 0 Å². The molecule has 0 aliphatic rings. The first kappa shape index (κ1) is 6.40. The first-order valence-electron chi connectivity index (χ1n) is 3.83. The number of aromatic nitrogens is 2. The van der Waals surface area contributed by atoms with Gasteiger partial charge in [0, 0.05) is 13.3 Å². The second-order valence-electron chi connectivity index (χ2n) is 2.58. The summed E-state index contributed by atoms with van der Waals surface area (Å²) >= 11 is 0. The Balaban J connectivity index is 0.000000720. The average molecular weight is 148 g/mol. The van der Waals surface area contributed by atoms with Gasteiger partial charge in [0.05, 0.1) is 11.0 Å². The predicted molar refractivity (Wildman–Crippen MR) is 47.6 cm³/mol. The molecule has 0 unspecified atom stereocenters. The molecule has 0 spiro atoms. The van der Waals surface area contributed by atoms with Crippen LogP contribution in [0, 0.1) is 0 Å². The van der Waals surface area contributed by atoms with E-state index in [9.17, 15) is 0 Å². The first-order chi connectivity index (χ1) is 5.40. The summed E-state index contributed by atoms with van der Waals surface area (Å²) in [5.41, 5.74) is 3.44. The summed E-state index contributed by atoms with van der Waals surface area (Å²) in [6, 6.07) is 6.08. The Morgan fingerprint density at radius 3 is 3.27 bits per heavy atom. The van der Waals surface area contributed by atoms with Crippen LogP contribution in [0.3, 0.4) is 0 Å². The van der Waals surface area contributed by atoms with Crippen LogP contribution in [0.2, 0.25) is 0 Å². The lowest BCUT2D eigenvalue weighted by atomic mass is 10.3. The number of hydrogen-bond donors (Lipinski definition) is 1. The summed E-state index contributed by atoms with van der Waals surface area (Å²) < 4.78 is 0. The zero-order chi connectivity index (χ0) is 7.68. The quantitative estimate of drug-likeness (QED) is 0.660. The average Bonchev–Trinajstić information content (AvgIpc) is 2.46. The van der Waals surface area contributed by atoms with Crippen molar-refractivity contribution in [2.75, 3.05) is 0 Å². The van der Waals surface area contributed by atoms with Gasteiger partial charge in [0.2, 0.25) is 0 Å². The summed E-state index contributed by atoms with van der Waals surface area (Å²) in [7, 11) is 0. The van der Waals surface area contributed by atoms with Crippen molar-refractivity contribution >= 4 is 11.0 Å². The van der Waals surface area contributed by atoms with E-state index in [1.165, 1.54) is 5.69 Å². The Morgan fingerprint density at radius 1 is 1.64 bits per heavy atom. The smallest absolute Gasteiger partial charge is 0.0881 e. The predicted octanol–water partition coefficient (Wildman–Crippen LogP) is 2.37. The number of aryl methyl sites for hydroxylation is 1. The topological polar surface area (TPSA) is 28.7 Å². The van der Waals surface area contributed by atoms with Crippen LogP contribution in [-0.2, 0) is 6.42 Å². The Kier molecular flexibility index (Phi) is 1.39. The molecule has 0 atom stereocenters. The van der Waals surface area contributed by atoms with Gasteiger partial charge in [-0.25, -0.2) is 0 Å². The van der Waals surface area contributed by atoms with Gasteiger partial charge in [-0.15, -0.1) is 0 Å². The number of aromatic amines is 1. The van der Waals surface area contributed by atoms with Crippen LogP contribution in [0.4, 0.5) is 0 Å². The number of fused-ring (bicyclic) bond motifs is 1. The minimum atomic E-state index is 0. The van der Waals surface area contributed by atoms with Crippen LogP contribution < -0.4 is 0 Å². The van der Waals surface area contributed by atoms with Crippen molar-refractivity contribution in [2.45, 2.75) is 13.3 Å².